The summed E-state index contributed by atoms with van der Waals surface area (Å²) in [6.07, 6.45) is 1.13. The average molecular weight is 274 g/mol. The smallest absolute Gasteiger partial charge is 0.221 e. The van der Waals surface area contributed by atoms with Crippen LogP contribution in [0.3, 0.4) is 0 Å². The van der Waals surface area contributed by atoms with Gasteiger partial charge in [-0.1, -0.05) is 0 Å². The molecule has 2 rings (SSSR count). The summed E-state index contributed by atoms with van der Waals surface area (Å²) < 4.78 is 13.2. The predicted octanol–water partition coefficient (Wildman–Crippen LogP) is 3.11. The van der Waals surface area contributed by atoms with E-state index in [4.69, 9.17) is 11.6 Å². The van der Waals surface area contributed by atoms with Crippen molar-refractivity contribution in [2.45, 2.75) is 23.8 Å². The van der Waals surface area contributed by atoms with Gasteiger partial charge in [-0.25, -0.2) is 4.39 Å². The van der Waals surface area contributed by atoms with Crippen molar-refractivity contribution in [2.75, 3.05) is 11.6 Å². The molecule has 1 amide bonds. The first-order valence-electron chi connectivity index (χ1n) is 5.48. The van der Waals surface area contributed by atoms with E-state index in [1.165, 1.54) is 12.1 Å². The Morgan fingerprint density at radius 1 is 1.59 bits per heavy atom. The average Bonchev–Trinajstić information content (AvgIpc) is 2.30. The summed E-state index contributed by atoms with van der Waals surface area (Å²) in [5.74, 6) is 0.906. The summed E-state index contributed by atoms with van der Waals surface area (Å²) in [5, 5.41) is 2.90. The summed E-state index contributed by atoms with van der Waals surface area (Å²) in [6.45, 7) is 0. The molecule has 5 heteroatoms. The molecule has 2 nitrogen and oxygen atoms in total. The molecule has 0 bridgehead atoms. The number of rotatable bonds is 3. The first-order valence-corrected chi connectivity index (χ1v) is 7.00. The third-order valence-corrected chi connectivity index (χ3v) is 3.98. The second-order valence-corrected chi connectivity index (χ2v) is 5.39. The summed E-state index contributed by atoms with van der Waals surface area (Å²) >= 11 is 7.21. The number of amides is 1. The second-order valence-electron chi connectivity index (χ2n) is 3.88. The summed E-state index contributed by atoms with van der Waals surface area (Å²) in [4.78, 5) is 12.6. The summed E-state index contributed by atoms with van der Waals surface area (Å²) in [5.41, 5.74) is 0.879. The topological polar surface area (TPSA) is 29.1 Å². The van der Waals surface area contributed by atoms with Crippen LogP contribution in [0.5, 0.6) is 0 Å². The van der Waals surface area contributed by atoms with Gasteiger partial charge in [0.05, 0.1) is 6.04 Å². The number of fused-ring (bicyclic) bond motifs is 1. The van der Waals surface area contributed by atoms with Crippen LogP contribution in [-0.2, 0) is 4.79 Å². The lowest BCUT2D eigenvalue weighted by Crippen LogP contribution is -2.30. The monoisotopic (exact) mass is 273 g/mol. The predicted molar refractivity (Wildman–Crippen MR) is 68.0 cm³/mol. The molecule has 1 atom stereocenters. The molecule has 0 spiro atoms. The number of carbonyl (C=O) groups is 1. The SMILES string of the molecule is O=C(CCCl)NC1CCSc2ccc(F)cc21. The number of alkyl halides is 1. The molecule has 1 unspecified atom stereocenters. The number of halogens is 2. The highest BCUT2D eigenvalue weighted by Crippen LogP contribution is 2.36. The van der Waals surface area contributed by atoms with E-state index in [-0.39, 0.29) is 17.8 Å². The van der Waals surface area contributed by atoms with E-state index in [0.29, 0.717) is 12.3 Å². The minimum atomic E-state index is -0.261. The largest absolute Gasteiger partial charge is 0.349 e. The first kappa shape index (κ1) is 12.7. The maximum atomic E-state index is 13.2. The Hall–Kier alpha value is -0.740. The molecule has 0 fully saturated rings. The van der Waals surface area contributed by atoms with Gasteiger partial charge in [0.2, 0.25) is 5.91 Å². The molecule has 1 aliphatic rings. The first-order chi connectivity index (χ1) is 8.20. The van der Waals surface area contributed by atoms with Crippen molar-refractivity contribution < 1.29 is 9.18 Å². The highest BCUT2D eigenvalue weighted by atomic mass is 35.5. The van der Waals surface area contributed by atoms with E-state index < -0.39 is 0 Å². The van der Waals surface area contributed by atoms with E-state index in [0.717, 1.165) is 22.6 Å². The van der Waals surface area contributed by atoms with Crippen LogP contribution in [0, 0.1) is 5.82 Å². The number of hydrogen-bond acceptors (Lipinski definition) is 2. The lowest BCUT2D eigenvalue weighted by atomic mass is 10.0. The molecule has 1 heterocycles. The van der Waals surface area contributed by atoms with Gasteiger partial charge in [-0.05, 0) is 30.2 Å². The molecule has 1 aromatic rings. The normalized spacial score (nSPS) is 18.6. The number of benzene rings is 1. The number of thioether (sulfide) groups is 1. The number of nitrogens with one attached hydrogen (secondary N) is 1. The van der Waals surface area contributed by atoms with Gasteiger partial charge in [-0.15, -0.1) is 23.4 Å². The number of carbonyl (C=O) groups excluding carboxylic acids is 1. The maximum Gasteiger partial charge on any atom is 0.221 e. The molecule has 0 radical (unpaired) electrons. The van der Waals surface area contributed by atoms with Crippen LogP contribution in [-0.4, -0.2) is 17.5 Å². The van der Waals surface area contributed by atoms with Crippen LogP contribution in [0.15, 0.2) is 23.1 Å². The van der Waals surface area contributed by atoms with Gasteiger partial charge in [0, 0.05) is 22.9 Å². The zero-order valence-electron chi connectivity index (χ0n) is 9.21. The lowest BCUT2D eigenvalue weighted by Gasteiger charge is -2.25. The Bertz CT molecular complexity index is 427. The highest BCUT2D eigenvalue weighted by molar-refractivity contribution is 7.99. The van der Waals surface area contributed by atoms with Crippen LogP contribution in [0.4, 0.5) is 4.39 Å². The zero-order chi connectivity index (χ0) is 12.3. The minimum Gasteiger partial charge on any atom is -0.349 e. The van der Waals surface area contributed by atoms with Gasteiger partial charge in [0.25, 0.3) is 0 Å². The summed E-state index contributed by atoms with van der Waals surface area (Å²) in [6, 6.07) is 4.65. The molecule has 0 aromatic heterocycles. The van der Waals surface area contributed by atoms with Crippen molar-refractivity contribution in [3.63, 3.8) is 0 Å². The molecule has 1 aliphatic heterocycles. The molecular formula is C12H13ClFNOS. The molecule has 0 saturated carbocycles. The Labute approximate surface area is 109 Å². The molecule has 0 saturated heterocycles. The van der Waals surface area contributed by atoms with Crippen molar-refractivity contribution in [3.05, 3.63) is 29.6 Å². The second kappa shape index (κ2) is 5.74. The zero-order valence-corrected chi connectivity index (χ0v) is 10.8. The quantitative estimate of drug-likeness (QED) is 0.858. The number of hydrogen-bond donors (Lipinski definition) is 1. The van der Waals surface area contributed by atoms with Gasteiger partial charge in [-0.2, -0.15) is 0 Å². The van der Waals surface area contributed by atoms with Gasteiger partial charge in [0.15, 0.2) is 0 Å². The van der Waals surface area contributed by atoms with E-state index in [2.05, 4.69) is 5.32 Å². The Kier molecular flexibility index (Phi) is 4.29. The van der Waals surface area contributed by atoms with Crippen LogP contribution >= 0.6 is 23.4 Å². The van der Waals surface area contributed by atoms with Gasteiger partial charge in [0.1, 0.15) is 5.82 Å². The molecule has 17 heavy (non-hydrogen) atoms. The Morgan fingerprint density at radius 3 is 3.18 bits per heavy atom. The fraction of sp³-hybridized carbons (Fsp3) is 0.417. The molecule has 1 aromatic carbocycles. The minimum absolute atomic E-state index is 0.0767. The van der Waals surface area contributed by atoms with Crippen molar-refractivity contribution >= 4 is 29.3 Å². The van der Waals surface area contributed by atoms with E-state index in [1.54, 1.807) is 17.8 Å². The van der Waals surface area contributed by atoms with Gasteiger partial charge in [-0.3, -0.25) is 4.79 Å². The van der Waals surface area contributed by atoms with Crippen LogP contribution in [0.1, 0.15) is 24.4 Å². The summed E-state index contributed by atoms with van der Waals surface area (Å²) in [7, 11) is 0. The molecule has 1 N–H and O–H groups in total. The van der Waals surface area contributed by atoms with Crippen molar-refractivity contribution in [3.8, 4) is 0 Å². The highest BCUT2D eigenvalue weighted by Gasteiger charge is 2.22. The lowest BCUT2D eigenvalue weighted by molar-refractivity contribution is -0.121. The van der Waals surface area contributed by atoms with E-state index in [1.807, 2.05) is 0 Å². The molecule has 0 aliphatic carbocycles. The van der Waals surface area contributed by atoms with Crippen molar-refractivity contribution in [1.82, 2.24) is 5.32 Å². The van der Waals surface area contributed by atoms with Crippen molar-refractivity contribution in [1.29, 1.82) is 0 Å². The van der Waals surface area contributed by atoms with E-state index in [9.17, 15) is 9.18 Å². The third-order valence-electron chi connectivity index (χ3n) is 2.67. The molecular weight excluding hydrogens is 261 g/mol. The van der Waals surface area contributed by atoms with E-state index >= 15 is 0 Å². The van der Waals surface area contributed by atoms with Crippen LogP contribution < -0.4 is 5.32 Å². The Balaban J connectivity index is 2.16. The van der Waals surface area contributed by atoms with Gasteiger partial charge >= 0.3 is 0 Å². The third kappa shape index (κ3) is 3.13. The fourth-order valence-corrected chi connectivity index (χ4v) is 3.14. The standard InChI is InChI=1S/C12H13ClFNOS/c13-5-3-12(16)15-10-4-6-17-11-2-1-8(14)7-9(10)11/h1-2,7,10H,3-6H2,(H,15,16). The molecule has 92 valence electrons. The maximum absolute atomic E-state index is 13.2. The van der Waals surface area contributed by atoms with Crippen LogP contribution in [0.2, 0.25) is 0 Å². The van der Waals surface area contributed by atoms with Crippen LogP contribution in [0.25, 0.3) is 0 Å². The Morgan fingerprint density at radius 2 is 2.41 bits per heavy atom. The van der Waals surface area contributed by atoms with Gasteiger partial charge < -0.3 is 5.32 Å². The fourth-order valence-electron chi connectivity index (χ4n) is 1.87. The van der Waals surface area contributed by atoms with Crippen molar-refractivity contribution in [2.24, 2.45) is 0 Å².